The molecule has 0 bridgehead atoms. The van der Waals surface area contributed by atoms with Crippen LogP contribution in [0.4, 0.5) is 11.4 Å². The van der Waals surface area contributed by atoms with E-state index in [0.717, 1.165) is 16.3 Å². The van der Waals surface area contributed by atoms with Crippen molar-refractivity contribution in [1.82, 2.24) is 0 Å². The number of hydrogen-bond acceptors (Lipinski definition) is 4. The molecule has 24 heavy (non-hydrogen) atoms. The summed E-state index contributed by atoms with van der Waals surface area (Å²) in [5.74, 6) is -0.335. The molecule has 2 aromatic carbocycles. The molecule has 1 aromatic heterocycles. The number of benzene rings is 2. The van der Waals surface area contributed by atoms with Gasteiger partial charge in [-0.3, -0.25) is 9.52 Å². The highest BCUT2D eigenvalue weighted by Crippen LogP contribution is 2.35. The summed E-state index contributed by atoms with van der Waals surface area (Å²) in [6, 6.07) is 14.0. The van der Waals surface area contributed by atoms with E-state index in [1.807, 2.05) is 24.3 Å². The third-order valence-corrected chi connectivity index (χ3v) is 5.45. The molecule has 0 fully saturated rings. The fourth-order valence-corrected chi connectivity index (χ4v) is 4.19. The fraction of sp³-hybridized carbons (Fsp3) is 0.0625. The zero-order chi connectivity index (χ0) is 17.3. The molecule has 5 nitrogen and oxygen atoms in total. The SMILES string of the molecule is CS(=O)(=O)Nc1cccc(NC(=O)c2sc3ccccc3c2Cl)c1. The maximum absolute atomic E-state index is 12.5. The number of carbonyl (C=O) groups is 1. The molecular weight excluding hydrogens is 368 g/mol. The van der Waals surface area contributed by atoms with Gasteiger partial charge in [-0.2, -0.15) is 0 Å². The fourth-order valence-electron chi connectivity index (χ4n) is 2.22. The number of thiophene rings is 1. The summed E-state index contributed by atoms with van der Waals surface area (Å²) in [6.45, 7) is 0. The van der Waals surface area contributed by atoms with Gasteiger partial charge >= 0.3 is 0 Å². The molecule has 124 valence electrons. The molecule has 0 aliphatic heterocycles. The van der Waals surface area contributed by atoms with Crippen LogP contribution in [0.3, 0.4) is 0 Å². The van der Waals surface area contributed by atoms with E-state index in [-0.39, 0.29) is 5.91 Å². The number of anilines is 2. The predicted octanol–water partition coefficient (Wildman–Crippen LogP) is 4.18. The molecule has 0 radical (unpaired) electrons. The molecule has 3 aromatic rings. The lowest BCUT2D eigenvalue weighted by Gasteiger charge is -2.08. The van der Waals surface area contributed by atoms with Crippen molar-refractivity contribution in [3.8, 4) is 0 Å². The van der Waals surface area contributed by atoms with Gasteiger partial charge in [-0.25, -0.2) is 8.42 Å². The van der Waals surface area contributed by atoms with E-state index in [9.17, 15) is 13.2 Å². The van der Waals surface area contributed by atoms with E-state index in [2.05, 4.69) is 10.0 Å². The monoisotopic (exact) mass is 380 g/mol. The lowest BCUT2D eigenvalue weighted by molar-refractivity contribution is 0.103. The molecule has 2 N–H and O–H groups in total. The number of carbonyl (C=O) groups excluding carboxylic acids is 1. The first-order chi connectivity index (χ1) is 11.3. The highest BCUT2D eigenvalue weighted by atomic mass is 35.5. The van der Waals surface area contributed by atoms with Crippen molar-refractivity contribution in [2.45, 2.75) is 0 Å². The molecule has 0 aliphatic rings. The standard InChI is InChI=1S/C16H13ClN2O3S2/c1-24(21,22)19-11-6-4-5-10(9-11)18-16(20)15-14(17)12-7-2-3-8-13(12)23-15/h2-9,19H,1H3,(H,18,20). The first-order valence-electron chi connectivity index (χ1n) is 6.90. The molecule has 0 spiro atoms. The topological polar surface area (TPSA) is 75.3 Å². The number of fused-ring (bicyclic) bond motifs is 1. The maximum Gasteiger partial charge on any atom is 0.267 e. The van der Waals surface area contributed by atoms with Gasteiger partial charge < -0.3 is 5.32 Å². The highest BCUT2D eigenvalue weighted by molar-refractivity contribution is 7.92. The molecule has 1 amide bonds. The van der Waals surface area contributed by atoms with Crippen LogP contribution in [0.2, 0.25) is 5.02 Å². The minimum Gasteiger partial charge on any atom is -0.321 e. The van der Waals surface area contributed by atoms with Gasteiger partial charge in [0, 0.05) is 15.8 Å². The Morgan fingerprint density at radius 1 is 1.08 bits per heavy atom. The van der Waals surface area contributed by atoms with Gasteiger partial charge in [-0.1, -0.05) is 35.9 Å². The van der Waals surface area contributed by atoms with E-state index in [4.69, 9.17) is 11.6 Å². The van der Waals surface area contributed by atoms with Crippen LogP contribution in [0.15, 0.2) is 48.5 Å². The summed E-state index contributed by atoms with van der Waals surface area (Å²) in [5, 5.41) is 3.99. The summed E-state index contributed by atoms with van der Waals surface area (Å²) >= 11 is 7.60. The smallest absolute Gasteiger partial charge is 0.267 e. The minimum atomic E-state index is -3.38. The van der Waals surface area contributed by atoms with Gasteiger partial charge in [0.1, 0.15) is 4.88 Å². The minimum absolute atomic E-state index is 0.335. The molecule has 1 heterocycles. The van der Waals surface area contributed by atoms with Crippen LogP contribution in [-0.4, -0.2) is 20.6 Å². The zero-order valence-electron chi connectivity index (χ0n) is 12.5. The van der Waals surface area contributed by atoms with Gasteiger partial charge in [0.2, 0.25) is 10.0 Å². The van der Waals surface area contributed by atoms with Gasteiger partial charge in [0.25, 0.3) is 5.91 Å². The van der Waals surface area contributed by atoms with Gasteiger partial charge in [-0.05, 0) is 24.3 Å². The lowest BCUT2D eigenvalue weighted by Crippen LogP contribution is -2.12. The van der Waals surface area contributed by atoms with Crippen LogP contribution in [0.1, 0.15) is 9.67 Å². The van der Waals surface area contributed by atoms with Crippen molar-refractivity contribution in [2.24, 2.45) is 0 Å². The quantitative estimate of drug-likeness (QED) is 0.713. The zero-order valence-corrected chi connectivity index (χ0v) is 14.9. The average molecular weight is 381 g/mol. The molecule has 8 heteroatoms. The van der Waals surface area contributed by atoms with Crippen molar-refractivity contribution in [3.63, 3.8) is 0 Å². The first kappa shape index (κ1) is 16.8. The molecule has 0 aliphatic carbocycles. The Bertz CT molecular complexity index is 1030. The van der Waals surface area contributed by atoms with E-state index < -0.39 is 10.0 Å². The summed E-state index contributed by atoms with van der Waals surface area (Å²) < 4.78 is 25.9. The number of sulfonamides is 1. The van der Waals surface area contributed by atoms with Crippen molar-refractivity contribution in [3.05, 3.63) is 58.4 Å². The molecule has 3 rings (SSSR count). The van der Waals surface area contributed by atoms with Crippen molar-refractivity contribution in [2.75, 3.05) is 16.3 Å². The third kappa shape index (κ3) is 3.69. The predicted molar refractivity (Wildman–Crippen MR) is 99.7 cm³/mol. The van der Waals surface area contributed by atoms with E-state index in [1.54, 1.807) is 24.3 Å². The lowest BCUT2D eigenvalue weighted by atomic mass is 10.2. The summed E-state index contributed by atoms with van der Waals surface area (Å²) in [4.78, 5) is 12.9. The second-order valence-corrected chi connectivity index (χ2v) is 8.33. The van der Waals surface area contributed by atoms with Crippen molar-refractivity contribution >= 4 is 60.3 Å². The van der Waals surface area contributed by atoms with E-state index >= 15 is 0 Å². The average Bonchev–Trinajstić information content (AvgIpc) is 2.84. The van der Waals surface area contributed by atoms with E-state index in [1.165, 1.54) is 11.3 Å². The Morgan fingerprint density at radius 3 is 2.50 bits per heavy atom. The largest absolute Gasteiger partial charge is 0.321 e. The Hall–Kier alpha value is -2.09. The van der Waals surface area contributed by atoms with Crippen LogP contribution in [0.25, 0.3) is 10.1 Å². The van der Waals surface area contributed by atoms with Crippen LogP contribution < -0.4 is 10.0 Å². The summed E-state index contributed by atoms with van der Waals surface area (Å²) in [5.41, 5.74) is 0.847. The van der Waals surface area contributed by atoms with Crippen LogP contribution in [0.5, 0.6) is 0 Å². The van der Waals surface area contributed by atoms with Crippen molar-refractivity contribution < 1.29 is 13.2 Å². The number of hydrogen-bond donors (Lipinski definition) is 2. The summed E-state index contributed by atoms with van der Waals surface area (Å²) in [6.07, 6.45) is 1.06. The van der Waals surface area contributed by atoms with Crippen molar-refractivity contribution in [1.29, 1.82) is 0 Å². The first-order valence-corrected chi connectivity index (χ1v) is 9.98. The molecule has 0 atom stereocenters. The van der Waals surface area contributed by atoms with Crippen LogP contribution >= 0.6 is 22.9 Å². The normalized spacial score (nSPS) is 11.4. The van der Waals surface area contributed by atoms with Crippen LogP contribution in [-0.2, 0) is 10.0 Å². The van der Waals surface area contributed by atoms with E-state index in [0.29, 0.717) is 21.3 Å². The number of amides is 1. The third-order valence-electron chi connectivity index (χ3n) is 3.16. The Balaban J connectivity index is 1.86. The number of rotatable bonds is 4. The number of nitrogens with one attached hydrogen (secondary N) is 2. The highest BCUT2D eigenvalue weighted by Gasteiger charge is 2.17. The molecule has 0 saturated heterocycles. The Morgan fingerprint density at radius 2 is 1.79 bits per heavy atom. The second-order valence-electron chi connectivity index (χ2n) is 5.15. The maximum atomic E-state index is 12.5. The molecule has 0 unspecified atom stereocenters. The van der Waals surface area contributed by atoms with Gasteiger partial charge in [0.15, 0.2) is 0 Å². The van der Waals surface area contributed by atoms with Gasteiger partial charge in [0.05, 0.1) is 17.0 Å². The Labute approximate surface area is 148 Å². The van der Waals surface area contributed by atoms with Gasteiger partial charge in [-0.15, -0.1) is 11.3 Å². The summed E-state index contributed by atoms with van der Waals surface area (Å²) in [7, 11) is -3.38. The molecular formula is C16H13ClN2O3S2. The Kier molecular flexibility index (Phi) is 4.49. The second kappa shape index (κ2) is 6.43. The number of halogens is 1. The molecule has 0 saturated carbocycles. The van der Waals surface area contributed by atoms with Crippen LogP contribution in [0, 0.1) is 0 Å².